The van der Waals surface area contributed by atoms with Crippen molar-refractivity contribution in [2.45, 2.75) is 13.3 Å². The van der Waals surface area contributed by atoms with E-state index in [-0.39, 0.29) is 13.0 Å². The predicted molar refractivity (Wildman–Crippen MR) is 94.0 cm³/mol. The van der Waals surface area contributed by atoms with E-state index in [9.17, 15) is 9.59 Å². The van der Waals surface area contributed by atoms with Gasteiger partial charge < -0.3 is 19.5 Å². The topological polar surface area (TPSA) is 73.9 Å². The first-order valence-corrected chi connectivity index (χ1v) is 7.75. The van der Waals surface area contributed by atoms with Gasteiger partial charge in [0.1, 0.15) is 11.5 Å². The van der Waals surface area contributed by atoms with Crippen LogP contribution in [0.25, 0.3) is 0 Å². The van der Waals surface area contributed by atoms with Gasteiger partial charge in [0.05, 0.1) is 26.3 Å². The quantitative estimate of drug-likeness (QED) is 0.783. The van der Waals surface area contributed by atoms with Crippen LogP contribution in [0.4, 0.5) is 5.69 Å². The van der Waals surface area contributed by atoms with E-state index in [0.717, 1.165) is 5.56 Å². The Labute approximate surface area is 146 Å². The third-order valence-electron chi connectivity index (χ3n) is 3.52. The molecule has 0 saturated heterocycles. The predicted octanol–water partition coefficient (Wildman–Crippen LogP) is 2.74. The van der Waals surface area contributed by atoms with Crippen molar-refractivity contribution in [1.82, 2.24) is 0 Å². The van der Waals surface area contributed by atoms with Crippen LogP contribution in [0.15, 0.2) is 42.5 Å². The van der Waals surface area contributed by atoms with E-state index in [1.54, 1.807) is 24.3 Å². The number of hydrogen-bond acceptors (Lipinski definition) is 5. The number of rotatable bonds is 7. The summed E-state index contributed by atoms with van der Waals surface area (Å²) in [6, 6.07) is 12.6. The molecule has 0 unspecified atom stereocenters. The van der Waals surface area contributed by atoms with Gasteiger partial charge in [0, 0.05) is 5.56 Å². The van der Waals surface area contributed by atoms with Crippen molar-refractivity contribution >= 4 is 17.6 Å². The van der Waals surface area contributed by atoms with Crippen molar-refractivity contribution < 1.29 is 23.8 Å². The molecular formula is C19H21NO5. The second-order valence-corrected chi connectivity index (χ2v) is 5.40. The number of para-hydroxylation sites is 1. The zero-order chi connectivity index (χ0) is 18.2. The highest BCUT2D eigenvalue weighted by molar-refractivity contribution is 5.94. The fourth-order valence-electron chi connectivity index (χ4n) is 2.31. The largest absolute Gasteiger partial charge is 0.496 e. The highest BCUT2D eigenvalue weighted by Gasteiger charge is 2.13. The van der Waals surface area contributed by atoms with Crippen LogP contribution in [0.5, 0.6) is 11.5 Å². The summed E-state index contributed by atoms with van der Waals surface area (Å²) in [4.78, 5) is 23.9. The first-order chi connectivity index (χ1) is 12.0. The molecule has 2 rings (SSSR count). The van der Waals surface area contributed by atoms with E-state index in [0.29, 0.717) is 22.7 Å². The molecule has 0 spiro atoms. The summed E-state index contributed by atoms with van der Waals surface area (Å²) in [7, 11) is 3.06. The number of hydrogen-bond donors (Lipinski definition) is 1. The molecule has 1 N–H and O–H groups in total. The van der Waals surface area contributed by atoms with Gasteiger partial charge in [-0.05, 0) is 30.7 Å². The van der Waals surface area contributed by atoms with Crippen LogP contribution >= 0.6 is 0 Å². The van der Waals surface area contributed by atoms with Crippen LogP contribution in [0.3, 0.4) is 0 Å². The van der Waals surface area contributed by atoms with E-state index >= 15 is 0 Å². The average molecular weight is 343 g/mol. The summed E-state index contributed by atoms with van der Waals surface area (Å²) in [5.41, 5.74) is 2.22. The maximum atomic E-state index is 12.0. The molecule has 2 aromatic carbocycles. The summed E-state index contributed by atoms with van der Waals surface area (Å²) in [6.07, 6.45) is 0.0328. The van der Waals surface area contributed by atoms with Crippen molar-refractivity contribution in [2.75, 3.05) is 26.1 Å². The lowest BCUT2D eigenvalue weighted by Crippen LogP contribution is -2.22. The molecule has 0 aliphatic carbocycles. The molecule has 0 aliphatic heterocycles. The Bertz CT molecular complexity index is 757. The van der Waals surface area contributed by atoms with Gasteiger partial charge in [-0.3, -0.25) is 9.59 Å². The van der Waals surface area contributed by atoms with E-state index < -0.39 is 11.9 Å². The molecule has 1 amide bonds. The van der Waals surface area contributed by atoms with Gasteiger partial charge in [0.2, 0.25) is 0 Å². The third-order valence-corrected chi connectivity index (χ3v) is 3.52. The molecular weight excluding hydrogens is 322 g/mol. The average Bonchev–Trinajstić information content (AvgIpc) is 2.60. The first-order valence-electron chi connectivity index (χ1n) is 7.75. The van der Waals surface area contributed by atoms with Gasteiger partial charge >= 0.3 is 5.97 Å². The van der Waals surface area contributed by atoms with Gasteiger partial charge in [-0.15, -0.1) is 0 Å². The molecule has 0 bridgehead atoms. The van der Waals surface area contributed by atoms with Crippen LogP contribution in [-0.2, 0) is 20.7 Å². The number of carbonyl (C=O) groups excluding carboxylic acids is 2. The molecule has 0 aromatic heterocycles. The number of nitrogens with one attached hydrogen (secondary N) is 1. The van der Waals surface area contributed by atoms with Crippen molar-refractivity contribution in [3.05, 3.63) is 53.6 Å². The molecule has 0 heterocycles. The van der Waals surface area contributed by atoms with Crippen molar-refractivity contribution in [3.8, 4) is 11.5 Å². The van der Waals surface area contributed by atoms with Crippen LogP contribution in [0, 0.1) is 6.92 Å². The lowest BCUT2D eigenvalue weighted by Gasteiger charge is -2.11. The molecule has 0 atom stereocenters. The fraction of sp³-hybridized carbons (Fsp3) is 0.263. The minimum atomic E-state index is -0.504. The molecule has 0 aliphatic rings. The van der Waals surface area contributed by atoms with Gasteiger partial charge in [-0.2, -0.15) is 0 Å². The van der Waals surface area contributed by atoms with Gasteiger partial charge in [-0.25, -0.2) is 0 Å². The number of amides is 1. The molecule has 6 nitrogen and oxygen atoms in total. The Hall–Kier alpha value is -3.02. The first kappa shape index (κ1) is 18.3. The van der Waals surface area contributed by atoms with Crippen LogP contribution in [0.2, 0.25) is 0 Å². The second-order valence-electron chi connectivity index (χ2n) is 5.40. The Morgan fingerprint density at radius 3 is 2.44 bits per heavy atom. The molecule has 0 radical (unpaired) electrons. The standard InChI is InChI=1S/C19H21NO5/c1-13-8-9-17(24-3)15(10-13)20-18(21)12-25-19(22)11-14-6-4-5-7-16(14)23-2/h4-10H,11-12H2,1-3H3,(H,20,21). The lowest BCUT2D eigenvalue weighted by molar-refractivity contribution is -0.146. The molecule has 2 aromatic rings. The zero-order valence-electron chi connectivity index (χ0n) is 14.5. The minimum absolute atomic E-state index is 0.0328. The lowest BCUT2D eigenvalue weighted by atomic mass is 10.1. The number of ether oxygens (including phenoxy) is 3. The molecule has 6 heteroatoms. The zero-order valence-corrected chi connectivity index (χ0v) is 14.5. The Morgan fingerprint density at radius 1 is 1.00 bits per heavy atom. The summed E-state index contributed by atoms with van der Waals surface area (Å²) >= 11 is 0. The summed E-state index contributed by atoms with van der Waals surface area (Å²) in [5.74, 6) is 0.209. The maximum Gasteiger partial charge on any atom is 0.310 e. The maximum absolute atomic E-state index is 12.0. The van der Waals surface area contributed by atoms with Crippen molar-refractivity contribution in [1.29, 1.82) is 0 Å². The minimum Gasteiger partial charge on any atom is -0.496 e. The summed E-state index contributed by atoms with van der Waals surface area (Å²) in [5, 5.41) is 2.68. The summed E-state index contributed by atoms with van der Waals surface area (Å²) < 4.78 is 15.4. The Balaban J connectivity index is 1.89. The van der Waals surface area contributed by atoms with E-state index in [2.05, 4.69) is 5.32 Å². The SMILES string of the molecule is COc1ccccc1CC(=O)OCC(=O)Nc1cc(C)ccc1OC. The monoisotopic (exact) mass is 343 g/mol. The van der Waals surface area contributed by atoms with Crippen LogP contribution in [-0.4, -0.2) is 32.7 Å². The van der Waals surface area contributed by atoms with Crippen molar-refractivity contribution in [2.24, 2.45) is 0 Å². The normalized spacial score (nSPS) is 10.0. The Kier molecular flexibility index (Phi) is 6.39. The highest BCUT2D eigenvalue weighted by Crippen LogP contribution is 2.25. The molecule has 0 fully saturated rings. The Morgan fingerprint density at radius 2 is 1.72 bits per heavy atom. The molecule has 132 valence electrons. The van der Waals surface area contributed by atoms with Gasteiger partial charge in [-0.1, -0.05) is 24.3 Å². The number of benzene rings is 2. The number of methoxy groups -OCH3 is 2. The van der Waals surface area contributed by atoms with Crippen LogP contribution in [0.1, 0.15) is 11.1 Å². The highest BCUT2D eigenvalue weighted by atomic mass is 16.5. The fourth-order valence-corrected chi connectivity index (χ4v) is 2.31. The molecule has 25 heavy (non-hydrogen) atoms. The number of esters is 1. The van der Waals surface area contributed by atoms with Gasteiger partial charge in [0.25, 0.3) is 5.91 Å². The summed E-state index contributed by atoms with van der Waals surface area (Å²) in [6.45, 7) is 1.54. The van der Waals surface area contributed by atoms with E-state index in [1.807, 2.05) is 25.1 Å². The van der Waals surface area contributed by atoms with Gasteiger partial charge in [0.15, 0.2) is 6.61 Å². The van der Waals surface area contributed by atoms with E-state index in [4.69, 9.17) is 14.2 Å². The smallest absolute Gasteiger partial charge is 0.310 e. The number of carbonyl (C=O) groups is 2. The second kappa shape index (κ2) is 8.73. The molecule has 0 saturated carbocycles. The van der Waals surface area contributed by atoms with Crippen LogP contribution < -0.4 is 14.8 Å². The van der Waals surface area contributed by atoms with E-state index in [1.165, 1.54) is 14.2 Å². The third kappa shape index (κ3) is 5.24. The number of aryl methyl sites for hydroxylation is 1. The number of anilines is 1. The van der Waals surface area contributed by atoms with Crippen molar-refractivity contribution in [3.63, 3.8) is 0 Å².